The van der Waals surface area contributed by atoms with Gasteiger partial charge in [0, 0.05) is 6.42 Å². The lowest BCUT2D eigenvalue weighted by Crippen LogP contribution is -2.39. The van der Waals surface area contributed by atoms with Crippen molar-refractivity contribution >= 4 is 11.9 Å². The Balaban J connectivity index is 2.04. The first-order chi connectivity index (χ1) is 13.2. The topological polar surface area (TPSA) is 87.9 Å². The number of carbonyl (C=O) groups excluding carboxylic acids is 2. The van der Waals surface area contributed by atoms with E-state index in [-0.39, 0.29) is 13.0 Å². The molecule has 0 spiro atoms. The molecule has 0 saturated heterocycles. The van der Waals surface area contributed by atoms with Gasteiger partial charge in [-0.15, -0.1) is 0 Å². The molecule has 0 fully saturated rings. The highest BCUT2D eigenvalue weighted by atomic mass is 16.6. The van der Waals surface area contributed by atoms with Gasteiger partial charge in [0.05, 0.1) is 0 Å². The Morgan fingerprint density at radius 1 is 0.929 bits per heavy atom. The molecule has 2 aromatic rings. The summed E-state index contributed by atoms with van der Waals surface area (Å²) in [4.78, 5) is 25.2. The van der Waals surface area contributed by atoms with Crippen molar-refractivity contribution < 1.29 is 23.8 Å². The molecule has 6 heteroatoms. The third-order valence-electron chi connectivity index (χ3n) is 3.70. The lowest BCUT2D eigenvalue weighted by molar-refractivity contribution is -0.171. The minimum atomic E-state index is -1.18. The van der Waals surface area contributed by atoms with E-state index in [1.165, 1.54) is 0 Å². The van der Waals surface area contributed by atoms with Crippen LogP contribution < -0.4 is 10.5 Å². The van der Waals surface area contributed by atoms with Crippen molar-refractivity contribution in [3.63, 3.8) is 0 Å². The quantitative estimate of drug-likeness (QED) is 0.425. The van der Waals surface area contributed by atoms with Gasteiger partial charge >= 0.3 is 11.9 Å². The predicted octanol–water partition coefficient (Wildman–Crippen LogP) is 3.44. The van der Waals surface area contributed by atoms with Gasteiger partial charge in [0.1, 0.15) is 24.2 Å². The van der Waals surface area contributed by atoms with Crippen molar-refractivity contribution in [2.75, 3.05) is 0 Å². The molecule has 2 rings (SSSR count). The molecule has 0 saturated carbocycles. The first-order valence-corrected chi connectivity index (χ1v) is 9.15. The zero-order chi connectivity index (χ0) is 20.6. The Labute approximate surface area is 165 Å². The Bertz CT molecular complexity index is 756. The lowest BCUT2D eigenvalue weighted by atomic mass is 10.0. The number of benzene rings is 2. The van der Waals surface area contributed by atoms with Gasteiger partial charge in [-0.2, -0.15) is 0 Å². The summed E-state index contributed by atoms with van der Waals surface area (Å²) in [7, 11) is 0. The van der Waals surface area contributed by atoms with E-state index in [4.69, 9.17) is 19.9 Å². The first kappa shape index (κ1) is 21.4. The van der Waals surface area contributed by atoms with Gasteiger partial charge in [-0.1, -0.05) is 48.5 Å². The van der Waals surface area contributed by atoms with E-state index in [0.29, 0.717) is 5.75 Å². The van der Waals surface area contributed by atoms with Gasteiger partial charge in [0.15, 0.2) is 5.92 Å². The van der Waals surface area contributed by atoms with Crippen LogP contribution in [0.5, 0.6) is 5.75 Å². The van der Waals surface area contributed by atoms with Crippen molar-refractivity contribution in [3.8, 4) is 5.75 Å². The maximum atomic E-state index is 12.6. The summed E-state index contributed by atoms with van der Waals surface area (Å²) in [6.07, 6.45) is -0.929. The van der Waals surface area contributed by atoms with Gasteiger partial charge in [-0.3, -0.25) is 15.3 Å². The Morgan fingerprint density at radius 3 is 2.07 bits per heavy atom. The number of hydrogen-bond donors (Lipinski definition) is 1. The molecular weight excluding hydrogens is 358 g/mol. The molecule has 0 aliphatic carbocycles. The van der Waals surface area contributed by atoms with Gasteiger partial charge in [-0.25, -0.2) is 0 Å². The Kier molecular flexibility index (Phi) is 7.58. The van der Waals surface area contributed by atoms with Crippen molar-refractivity contribution in [1.29, 1.82) is 0 Å². The normalized spacial score (nSPS) is 13.3. The van der Waals surface area contributed by atoms with Gasteiger partial charge in [0.25, 0.3) is 0 Å². The van der Waals surface area contributed by atoms with E-state index in [0.717, 1.165) is 5.56 Å². The van der Waals surface area contributed by atoms with Crippen LogP contribution in [0, 0.1) is 5.92 Å². The summed E-state index contributed by atoms with van der Waals surface area (Å²) in [5, 5.41) is 0. The average molecular weight is 385 g/mol. The standard InChI is InChI=1S/C22H27NO5/c1-22(2,3)28-21(25)18(14-19(23)27-17-12-8-5-9-13-17)20(24)26-15-16-10-6-4-7-11-16/h4-13,18-19H,14-15,23H2,1-3H3. The van der Waals surface area contributed by atoms with Gasteiger partial charge in [-0.05, 0) is 38.5 Å². The molecule has 2 atom stereocenters. The smallest absolute Gasteiger partial charge is 0.321 e. The Morgan fingerprint density at radius 2 is 1.50 bits per heavy atom. The fraction of sp³-hybridized carbons (Fsp3) is 0.364. The number of esters is 2. The maximum Gasteiger partial charge on any atom is 0.321 e. The van der Waals surface area contributed by atoms with Crippen LogP contribution in [-0.4, -0.2) is 23.8 Å². The molecular formula is C22H27NO5. The van der Waals surface area contributed by atoms with E-state index in [1.807, 2.05) is 48.5 Å². The van der Waals surface area contributed by atoms with Crippen LogP contribution in [0.3, 0.4) is 0 Å². The second-order valence-corrected chi connectivity index (χ2v) is 7.38. The number of ether oxygens (including phenoxy) is 3. The SMILES string of the molecule is CC(C)(C)OC(=O)C(CC(N)Oc1ccccc1)C(=O)OCc1ccccc1. The molecule has 28 heavy (non-hydrogen) atoms. The van der Waals surface area contributed by atoms with E-state index in [1.54, 1.807) is 32.9 Å². The van der Waals surface area contributed by atoms with Crippen molar-refractivity contribution in [1.82, 2.24) is 0 Å². The molecule has 2 unspecified atom stereocenters. The summed E-state index contributed by atoms with van der Waals surface area (Å²) in [6, 6.07) is 18.2. The molecule has 2 N–H and O–H groups in total. The number of hydrogen-bond acceptors (Lipinski definition) is 6. The predicted molar refractivity (Wildman–Crippen MR) is 105 cm³/mol. The third-order valence-corrected chi connectivity index (χ3v) is 3.70. The van der Waals surface area contributed by atoms with Crippen LogP contribution in [0.2, 0.25) is 0 Å². The van der Waals surface area contributed by atoms with E-state index >= 15 is 0 Å². The highest BCUT2D eigenvalue weighted by molar-refractivity contribution is 5.95. The fourth-order valence-electron chi connectivity index (χ4n) is 2.45. The first-order valence-electron chi connectivity index (χ1n) is 9.15. The zero-order valence-corrected chi connectivity index (χ0v) is 16.5. The second kappa shape index (κ2) is 9.90. The van der Waals surface area contributed by atoms with Gasteiger partial charge in [0.2, 0.25) is 0 Å². The molecule has 0 bridgehead atoms. The number of nitrogens with two attached hydrogens (primary N) is 1. The molecule has 6 nitrogen and oxygen atoms in total. The molecule has 0 aliphatic rings. The summed E-state index contributed by atoms with van der Waals surface area (Å²) in [5.41, 5.74) is 6.10. The third kappa shape index (κ3) is 7.40. The average Bonchev–Trinajstić information content (AvgIpc) is 2.64. The Hall–Kier alpha value is -2.86. The van der Waals surface area contributed by atoms with Crippen LogP contribution >= 0.6 is 0 Å². The molecule has 0 aromatic heterocycles. The molecule has 150 valence electrons. The van der Waals surface area contributed by atoms with Crippen LogP contribution in [-0.2, 0) is 25.7 Å². The van der Waals surface area contributed by atoms with Crippen molar-refractivity contribution in [2.45, 2.75) is 45.6 Å². The van der Waals surface area contributed by atoms with Crippen LogP contribution in [0.1, 0.15) is 32.8 Å². The van der Waals surface area contributed by atoms with Crippen molar-refractivity contribution in [3.05, 3.63) is 66.2 Å². The molecule has 0 radical (unpaired) electrons. The minimum Gasteiger partial charge on any atom is -0.476 e. The largest absolute Gasteiger partial charge is 0.476 e. The van der Waals surface area contributed by atoms with E-state index in [9.17, 15) is 9.59 Å². The summed E-state index contributed by atoms with van der Waals surface area (Å²) >= 11 is 0. The van der Waals surface area contributed by atoms with Crippen LogP contribution in [0.4, 0.5) is 0 Å². The van der Waals surface area contributed by atoms with Crippen molar-refractivity contribution in [2.24, 2.45) is 11.7 Å². The number of carbonyl (C=O) groups is 2. The fourth-order valence-corrected chi connectivity index (χ4v) is 2.45. The maximum absolute atomic E-state index is 12.6. The highest BCUT2D eigenvalue weighted by Crippen LogP contribution is 2.19. The van der Waals surface area contributed by atoms with Crippen LogP contribution in [0.15, 0.2) is 60.7 Å². The highest BCUT2D eigenvalue weighted by Gasteiger charge is 2.34. The van der Waals surface area contributed by atoms with E-state index in [2.05, 4.69) is 0 Å². The number of rotatable bonds is 8. The second-order valence-electron chi connectivity index (χ2n) is 7.38. The lowest BCUT2D eigenvalue weighted by Gasteiger charge is -2.25. The minimum absolute atomic E-state index is 0.0581. The summed E-state index contributed by atoms with van der Waals surface area (Å²) in [6.45, 7) is 5.26. The summed E-state index contributed by atoms with van der Waals surface area (Å²) in [5.74, 6) is -2.00. The van der Waals surface area contributed by atoms with Gasteiger partial charge < -0.3 is 14.2 Å². The molecule has 2 aromatic carbocycles. The zero-order valence-electron chi connectivity index (χ0n) is 16.5. The number of para-hydroxylation sites is 1. The monoisotopic (exact) mass is 385 g/mol. The van der Waals surface area contributed by atoms with E-state index < -0.39 is 29.7 Å². The summed E-state index contributed by atoms with van der Waals surface area (Å²) < 4.78 is 16.3. The molecule has 0 heterocycles. The molecule has 0 aliphatic heterocycles. The van der Waals surface area contributed by atoms with Crippen LogP contribution in [0.25, 0.3) is 0 Å². The molecule has 0 amide bonds.